The first-order valence-electron chi connectivity index (χ1n) is 28.1. The van der Waals surface area contributed by atoms with Crippen molar-refractivity contribution in [1.82, 2.24) is 47.9 Å². The summed E-state index contributed by atoms with van der Waals surface area (Å²) < 4.78 is 0. The summed E-state index contributed by atoms with van der Waals surface area (Å²) in [5.74, 6) is -13.4. The molecule has 28 nitrogen and oxygen atoms in total. The van der Waals surface area contributed by atoms with Crippen molar-refractivity contribution in [3.8, 4) is 0 Å². The van der Waals surface area contributed by atoms with Crippen molar-refractivity contribution >= 4 is 101 Å². The summed E-state index contributed by atoms with van der Waals surface area (Å²) in [6.07, 6.45) is 0.332. The number of nitrogens with two attached hydrogens (primary N) is 3. The number of nitrogens with one attached hydrogen (secondary N) is 9. The quantitative estimate of drug-likeness (QED) is 0.0160. The zero-order chi connectivity index (χ0) is 64.7. The van der Waals surface area contributed by atoms with Gasteiger partial charge in [0.25, 0.3) is 0 Å². The molecule has 1 aromatic rings. The maximum Gasteiger partial charge on any atom is 0.326 e. The molecule has 0 heterocycles. The fourth-order valence-electron chi connectivity index (χ4n) is 8.39. The predicted molar refractivity (Wildman–Crippen MR) is 322 cm³/mol. The molecule has 0 aliphatic heterocycles. The van der Waals surface area contributed by atoms with Gasteiger partial charge in [-0.1, -0.05) is 85.7 Å². The van der Waals surface area contributed by atoms with Crippen LogP contribution in [0.2, 0.25) is 0 Å². The van der Waals surface area contributed by atoms with Crippen LogP contribution in [0.4, 0.5) is 0 Å². The van der Waals surface area contributed by atoms with E-state index in [9.17, 15) is 67.7 Å². The van der Waals surface area contributed by atoms with E-state index in [0.29, 0.717) is 11.3 Å². The normalized spacial score (nSPS) is 14.8. The van der Waals surface area contributed by atoms with E-state index in [0.717, 1.165) is 0 Å². The molecule has 9 amide bonds. The topological polar surface area (TPSA) is 464 Å². The van der Waals surface area contributed by atoms with Crippen LogP contribution in [0.1, 0.15) is 119 Å². The molecular weight excluding hydrogens is 1150 g/mol. The number of hydrogen-bond donors (Lipinski definition) is 16. The lowest BCUT2D eigenvalue weighted by Gasteiger charge is -2.29. The number of aliphatic imine (C=N–C) groups is 1. The van der Waals surface area contributed by atoms with Crippen LogP contribution in [-0.2, 0) is 64.0 Å². The fraction of sp³-hybridized carbons (Fsp3) is 0.655. The van der Waals surface area contributed by atoms with Crippen molar-refractivity contribution in [1.29, 1.82) is 0 Å². The fourth-order valence-corrected chi connectivity index (χ4v) is 9.11. The second-order valence-corrected chi connectivity index (χ2v) is 23.5. The summed E-state index contributed by atoms with van der Waals surface area (Å²) in [4.78, 5) is 164. The van der Waals surface area contributed by atoms with E-state index in [1.807, 2.05) is 13.8 Å². The van der Waals surface area contributed by atoms with Crippen molar-refractivity contribution < 1.29 is 72.9 Å². The molecule has 10 atom stereocenters. The highest BCUT2D eigenvalue weighted by Gasteiger charge is 2.37. The zero-order valence-corrected chi connectivity index (χ0v) is 51.6. The molecule has 0 bridgehead atoms. The van der Waals surface area contributed by atoms with Crippen molar-refractivity contribution in [2.24, 2.45) is 45.9 Å². The van der Waals surface area contributed by atoms with E-state index >= 15 is 0 Å². The molecule has 85 heavy (non-hydrogen) atoms. The van der Waals surface area contributed by atoms with Gasteiger partial charge in [-0.2, -0.15) is 24.4 Å². The molecule has 18 N–H and O–H groups in total. The first-order chi connectivity index (χ1) is 39.8. The lowest BCUT2D eigenvalue weighted by Crippen LogP contribution is -2.61. The molecule has 0 unspecified atom stereocenters. The Morgan fingerprint density at radius 2 is 0.918 bits per heavy atom. The third-order valence-electron chi connectivity index (χ3n) is 12.8. The van der Waals surface area contributed by atoms with Crippen LogP contribution in [-0.4, -0.2) is 177 Å². The van der Waals surface area contributed by atoms with Crippen molar-refractivity contribution in [3.63, 3.8) is 0 Å². The molecule has 1 rings (SSSR count). The van der Waals surface area contributed by atoms with Gasteiger partial charge in [0.05, 0.1) is 12.5 Å². The van der Waals surface area contributed by atoms with Gasteiger partial charge in [-0.15, -0.1) is 0 Å². The van der Waals surface area contributed by atoms with Crippen LogP contribution in [0, 0.1) is 23.7 Å². The van der Waals surface area contributed by atoms with Crippen LogP contribution in [0.3, 0.4) is 0 Å². The van der Waals surface area contributed by atoms with Crippen molar-refractivity contribution in [2.75, 3.05) is 24.3 Å². The van der Waals surface area contributed by atoms with Gasteiger partial charge in [0.1, 0.15) is 54.4 Å². The predicted octanol–water partition coefficient (Wildman–Crippen LogP) is -1.13. The van der Waals surface area contributed by atoms with Crippen LogP contribution < -0.4 is 65.1 Å². The van der Waals surface area contributed by atoms with Crippen LogP contribution >= 0.6 is 24.4 Å². The Bertz CT molecular complexity index is 2430. The number of guanidine groups is 1. The number of thiol groups is 1. The van der Waals surface area contributed by atoms with Gasteiger partial charge >= 0.3 is 17.9 Å². The minimum atomic E-state index is -1.80. The van der Waals surface area contributed by atoms with E-state index in [1.165, 1.54) is 25.6 Å². The van der Waals surface area contributed by atoms with E-state index in [-0.39, 0.29) is 93.8 Å². The Morgan fingerprint density at radius 1 is 0.518 bits per heavy atom. The third-order valence-corrected chi connectivity index (χ3v) is 13.8. The summed E-state index contributed by atoms with van der Waals surface area (Å²) >= 11 is 5.68. The Hall–Kier alpha value is -7.21. The summed E-state index contributed by atoms with van der Waals surface area (Å²) in [5.41, 5.74) is 17.4. The first kappa shape index (κ1) is 75.8. The minimum absolute atomic E-state index is 0.00121. The van der Waals surface area contributed by atoms with Crippen molar-refractivity contribution in [3.05, 3.63) is 35.9 Å². The Labute approximate surface area is 506 Å². The molecule has 0 spiro atoms. The van der Waals surface area contributed by atoms with Gasteiger partial charge in [0, 0.05) is 25.1 Å². The van der Waals surface area contributed by atoms with Crippen LogP contribution in [0.15, 0.2) is 35.3 Å². The monoisotopic (exact) mass is 1240 g/mol. The second-order valence-electron chi connectivity index (χ2n) is 22.2. The lowest BCUT2D eigenvalue weighted by atomic mass is 9.98. The van der Waals surface area contributed by atoms with Gasteiger partial charge in [-0.05, 0) is 86.2 Å². The molecule has 478 valence electrons. The molecule has 0 aliphatic carbocycles. The molecule has 0 saturated heterocycles. The van der Waals surface area contributed by atoms with Gasteiger partial charge in [0.2, 0.25) is 53.2 Å². The lowest BCUT2D eigenvalue weighted by molar-refractivity contribution is -0.144. The summed E-state index contributed by atoms with van der Waals surface area (Å²) in [6.45, 7) is 13.7. The van der Waals surface area contributed by atoms with E-state index < -0.39 is 144 Å². The Kier molecular flexibility index (Phi) is 35.1. The smallest absolute Gasteiger partial charge is 0.326 e. The number of hydrogen-bond acceptors (Lipinski definition) is 16. The largest absolute Gasteiger partial charge is 0.481 e. The first-order valence-corrected chi connectivity index (χ1v) is 30.2. The van der Waals surface area contributed by atoms with Gasteiger partial charge in [-0.25, -0.2) is 4.79 Å². The Balaban J connectivity index is 3.60. The van der Waals surface area contributed by atoms with Crippen LogP contribution in [0.5, 0.6) is 0 Å². The molecule has 1 aromatic carbocycles. The average Bonchev–Trinajstić information content (AvgIpc) is 3.61. The minimum Gasteiger partial charge on any atom is -0.481 e. The number of thioether (sulfide) groups is 1. The molecule has 0 fully saturated rings. The van der Waals surface area contributed by atoms with E-state index in [2.05, 4.69) is 65.5 Å². The SMILES string of the molecule is CSCC[C@H](NC(=O)[C@@H](N)CCC(=O)O)C(=O)N[C@@H](CC(C)C)C(=O)N[C@@H](CC(C)C)C(=O)N[C@@H](Cc1ccccc1)C(=O)N[C@@H](CC(C)C)C(=O)N[C@@H](CS)C(=O)N[C@@H](CCCN=C(N)N)C(=O)N[C@@H](CC(=O)O)C(=O)N[C@H](C(=O)O)C(C)C. The standard InChI is InChI=1S/C55H91N13O15S2/c1-28(2)22-36(62-47(75)35(19-21-85-9)60-45(73)33(56)17-18-42(69)70)48(76)63-37(23-29(3)4)49(77)65-39(25-32-14-11-10-12-15-32)51(79)64-38(24-30(5)6)50(78)67-41(27-84)53(81)61-34(16-13-20-59-55(57)58)46(74)66-40(26-43(71)72)52(80)68-44(31(7)8)54(82)83/h10-12,14-15,28-31,33-41,44,84H,13,16-27,56H2,1-9H3,(H,60,73)(H,61,81)(H,62,75)(H,63,76)(H,64,79)(H,65,77)(H,66,74)(H,67,78)(H,68,80)(H,69,70)(H,71,72)(H,82,83)(H4,57,58,59)/t33-,34-,35-,36-,37-,38-,39-,40-,41-,44-/m0/s1. The number of rotatable bonds is 41. The number of carbonyl (C=O) groups is 12. The molecule has 30 heteroatoms. The molecule has 0 radical (unpaired) electrons. The van der Waals surface area contributed by atoms with E-state index in [1.54, 1.807) is 64.3 Å². The highest BCUT2D eigenvalue weighted by Crippen LogP contribution is 2.14. The highest BCUT2D eigenvalue weighted by atomic mass is 32.2. The number of nitrogens with zero attached hydrogens (tertiary/aromatic N) is 1. The van der Waals surface area contributed by atoms with Crippen LogP contribution in [0.25, 0.3) is 0 Å². The summed E-state index contributed by atoms with van der Waals surface area (Å²) in [7, 11) is 0. The van der Waals surface area contributed by atoms with Gasteiger partial charge in [0.15, 0.2) is 5.96 Å². The maximum atomic E-state index is 14.6. The number of carboxylic acid groups (broad SMARTS) is 3. The molecule has 0 saturated carbocycles. The van der Waals surface area contributed by atoms with Gasteiger partial charge in [-0.3, -0.25) is 57.7 Å². The molecule has 0 aliphatic rings. The number of amides is 9. The van der Waals surface area contributed by atoms with Crippen molar-refractivity contribution in [2.45, 2.75) is 180 Å². The molecular formula is C55H91N13O15S2. The molecule has 0 aromatic heterocycles. The summed E-state index contributed by atoms with van der Waals surface area (Å²) in [6, 6.07) is -5.27. The third kappa shape index (κ3) is 30.4. The zero-order valence-electron chi connectivity index (χ0n) is 49.9. The maximum absolute atomic E-state index is 14.6. The number of benzene rings is 1. The number of carbonyl (C=O) groups excluding carboxylic acids is 9. The van der Waals surface area contributed by atoms with Gasteiger partial charge < -0.3 is 80.4 Å². The second kappa shape index (κ2) is 39.4. The van der Waals surface area contributed by atoms with E-state index in [4.69, 9.17) is 22.3 Å². The average molecular weight is 1240 g/mol. The summed E-state index contributed by atoms with van der Waals surface area (Å²) in [5, 5.41) is 51.4. The highest BCUT2D eigenvalue weighted by molar-refractivity contribution is 7.98. The Morgan fingerprint density at radius 3 is 1.34 bits per heavy atom. The number of carboxylic acids is 3. The number of aliphatic carboxylic acids is 3.